The summed E-state index contributed by atoms with van der Waals surface area (Å²) >= 11 is 0. The summed E-state index contributed by atoms with van der Waals surface area (Å²) in [6, 6.07) is 17.4. The van der Waals surface area contributed by atoms with Gasteiger partial charge in [-0.2, -0.15) is 5.10 Å². The SMILES string of the molecule is Cc1c(C(=O)NNC(=O)c2ccccc2)oc2c1/C(=N/NC(=O)c1ccccc1)CCC2. The van der Waals surface area contributed by atoms with Gasteiger partial charge in [0, 0.05) is 28.7 Å². The van der Waals surface area contributed by atoms with Crippen LogP contribution in [0.2, 0.25) is 0 Å². The van der Waals surface area contributed by atoms with Crippen LogP contribution in [0.4, 0.5) is 0 Å². The monoisotopic (exact) mass is 430 g/mol. The highest BCUT2D eigenvalue weighted by Gasteiger charge is 2.28. The summed E-state index contributed by atoms with van der Waals surface area (Å²) in [5.41, 5.74) is 10.3. The van der Waals surface area contributed by atoms with E-state index in [1.54, 1.807) is 61.5 Å². The third-order valence-electron chi connectivity index (χ3n) is 5.19. The number of hydrazone groups is 1. The van der Waals surface area contributed by atoms with Crippen LogP contribution in [0.1, 0.15) is 61.0 Å². The maximum atomic E-state index is 12.6. The van der Waals surface area contributed by atoms with Crippen molar-refractivity contribution in [2.45, 2.75) is 26.2 Å². The van der Waals surface area contributed by atoms with Crippen molar-refractivity contribution in [3.63, 3.8) is 0 Å². The molecule has 32 heavy (non-hydrogen) atoms. The van der Waals surface area contributed by atoms with Gasteiger partial charge in [0.1, 0.15) is 5.76 Å². The Labute approximate surface area is 184 Å². The fourth-order valence-corrected chi connectivity index (χ4v) is 3.60. The van der Waals surface area contributed by atoms with Gasteiger partial charge in [0.05, 0.1) is 5.71 Å². The van der Waals surface area contributed by atoms with Crippen LogP contribution < -0.4 is 16.3 Å². The molecule has 1 aromatic heterocycles. The van der Waals surface area contributed by atoms with Crippen LogP contribution in [0, 0.1) is 6.92 Å². The molecule has 0 unspecified atom stereocenters. The summed E-state index contributed by atoms with van der Waals surface area (Å²) in [5.74, 6) is -0.561. The first-order valence-electron chi connectivity index (χ1n) is 10.2. The Morgan fingerprint density at radius 2 is 1.41 bits per heavy atom. The molecule has 2 aromatic carbocycles. The predicted octanol–water partition coefficient (Wildman–Crippen LogP) is 3.13. The van der Waals surface area contributed by atoms with Gasteiger partial charge in [-0.3, -0.25) is 25.2 Å². The summed E-state index contributed by atoms with van der Waals surface area (Å²) in [7, 11) is 0. The number of furan rings is 1. The van der Waals surface area contributed by atoms with Gasteiger partial charge in [0.2, 0.25) is 0 Å². The van der Waals surface area contributed by atoms with Crippen molar-refractivity contribution in [2.24, 2.45) is 5.10 Å². The van der Waals surface area contributed by atoms with Crippen molar-refractivity contribution < 1.29 is 18.8 Å². The molecule has 1 aliphatic carbocycles. The van der Waals surface area contributed by atoms with Gasteiger partial charge in [-0.15, -0.1) is 0 Å². The van der Waals surface area contributed by atoms with Crippen molar-refractivity contribution in [1.82, 2.24) is 16.3 Å². The minimum absolute atomic E-state index is 0.104. The molecule has 3 N–H and O–H groups in total. The molecule has 0 saturated heterocycles. The molecule has 0 bridgehead atoms. The van der Waals surface area contributed by atoms with Gasteiger partial charge in [-0.1, -0.05) is 36.4 Å². The number of benzene rings is 2. The zero-order valence-electron chi connectivity index (χ0n) is 17.5. The standard InChI is InChI=1S/C24H22N4O4/c1-15-20-18(25-26-22(29)16-9-4-2-5-10-16)13-8-14-19(20)32-21(15)24(31)28-27-23(30)17-11-6-3-7-12-17/h2-7,9-12H,8,13-14H2,1H3,(H,26,29)(H,27,30)(H,28,31)/b25-18+. The van der Waals surface area contributed by atoms with Gasteiger partial charge in [-0.25, -0.2) is 5.43 Å². The van der Waals surface area contributed by atoms with Crippen LogP contribution in [0.5, 0.6) is 0 Å². The summed E-state index contributed by atoms with van der Waals surface area (Å²) < 4.78 is 5.80. The molecule has 0 radical (unpaired) electrons. The fourth-order valence-electron chi connectivity index (χ4n) is 3.60. The number of fused-ring (bicyclic) bond motifs is 1. The number of carbonyl (C=O) groups is 3. The zero-order chi connectivity index (χ0) is 22.5. The number of nitrogens with zero attached hydrogens (tertiary/aromatic N) is 1. The van der Waals surface area contributed by atoms with Crippen LogP contribution in [-0.2, 0) is 6.42 Å². The number of hydrogen-bond donors (Lipinski definition) is 3. The normalized spacial score (nSPS) is 13.8. The third kappa shape index (κ3) is 4.44. The first kappa shape index (κ1) is 21.0. The van der Waals surface area contributed by atoms with E-state index >= 15 is 0 Å². The van der Waals surface area contributed by atoms with Crippen molar-refractivity contribution in [3.05, 3.63) is 94.4 Å². The van der Waals surface area contributed by atoms with E-state index < -0.39 is 11.8 Å². The second-order valence-corrected chi connectivity index (χ2v) is 7.35. The minimum Gasteiger partial charge on any atom is -0.455 e. The second-order valence-electron chi connectivity index (χ2n) is 7.35. The molecule has 0 aliphatic heterocycles. The van der Waals surface area contributed by atoms with E-state index in [-0.39, 0.29) is 11.7 Å². The maximum absolute atomic E-state index is 12.6. The number of nitrogens with one attached hydrogen (secondary N) is 3. The van der Waals surface area contributed by atoms with E-state index in [1.807, 2.05) is 6.07 Å². The average molecular weight is 430 g/mol. The number of hydrogen-bond acceptors (Lipinski definition) is 5. The number of aryl methyl sites for hydroxylation is 1. The number of amides is 3. The Bertz CT molecular complexity index is 1180. The molecule has 8 nitrogen and oxygen atoms in total. The molecule has 1 aliphatic rings. The van der Waals surface area contributed by atoms with Crippen LogP contribution in [-0.4, -0.2) is 23.4 Å². The largest absolute Gasteiger partial charge is 0.455 e. The van der Waals surface area contributed by atoms with Crippen LogP contribution in [0.3, 0.4) is 0 Å². The van der Waals surface area contributed by atoms with Crippen LogP contribution in [0.25, 0.3) is 0 Å². The highest BCUT2D eigenvalue weighted by atomic mass is 16.4. The van der Waals surface area contributed by atoms with Gasteiger partial charge in [0.25, 0.3) is 11.8 Å². The molecular weight excluding hydrogens is 408 g/mol. The summed E-state index contributed by atoms with van der Waals surface area (Å²) in [4.78, 5) is 37.1. The second kappa shape index (κ2) is 9.30. The highest BCUT2D eigenvalue weighted by molar-refractivity contribution is 6.07. The number of carbonyl (C=O) groups excluding carboxylic acids is 3. The molecule has 162 valence electrons. The number of hydrazine groups is 1. The highest BCUT2D eigenvalue weighted by Crippen LogP contribution is 2.29. The third-order valence-corrected chi connectivity index (χ3v) is 5.19. The number of rotatable bonds is 4. The van der Waals surface area contributed by atoms with E-state index in [4.69, 9.17) is 4.42 Å². The lowest BCUT2D eigenvalue weighted by Gasteiger charge is -2.13. The molecule has 0 atom stereocenters. The molecule has 3 amide bonds. The lowest BCUT2D eigenvalue weighted by atomic mass is 9.93. The molecular formula is C24H22N4O4. The molecule has 1 heterocycles. The molecule has 4 rings (SSSR count). The van der Waals surface area contributed by atoms with E-state index in [0.29, 0.717) is 41.0 Å². The van der Waals surface area contributed by atoms with E-state index in [0.717, 1.165) is 12.0 Å². The summed E-state index contributed by atoms with van der Waals surface area (Å²) in [6.45, 7) is 1.76. The first-order chi connectivity index (χ1) is 15.5. The molecule has 3 aromatic rings. The summed E-state index contributed by atoms with van der Waals surface area (Å²) in [5, 5.41) is 4.30. The lowest BCUT2D eigenvalue weighted by Crippen LogP contribution is -2.41. The van der Waals surface area contributed by atoms with Crippen molar-refractivity contribution in [1.29, 1.82) is 0 Å². The van der Waals surface area contributed by atoms with E-state index in [2.05, 4.69) is 21.4 Å². The molecule has 0 spiro atoms. The Hall–Kier alpha value is -4.20. The van der Waals surface area contributed by atoms with Gasteiger partial charge in [-0.05, 0) is 44.0 Å². The van der Waals surface area contributed by atoms with E-state index in [1.165, 1.54) is 0 Å². The van der Waals surface area contributed by atoms with Crippen molar-refractivity contribution >= 4 is 23.4 Å². The Balaban J connectivity index is 1.48. The quantitative estimate of drug-likeness (QED) is 0.552. The Morgan fingerprint density at radius 3 is 2.06 bits per heavy atom. The Morgan fingerprint density at radius 1 is 0.812 bits per heavy atom. The fraction of sp³-hybridized carbons (Fsp3) is 0.167. The first-order valence-corrected chi connectivity index (χ1v) is 10.2. The van der Waals surface area contributed by atoms with Crippen LogP contribution >= 0.6 is 0 Å². The molecule has 0 fully saturated rings. The summed E-state index contributed by atoms with van der Waals surface area (Å²) in [6.07, 6.45) is 2.09. The zero-order valence-corrected chi connectivity index (χ0v) is 17.5. The Kier molecular flexibility index (Phi) is 6.12. The van der Waals surface area contributed by atoms with Gasteiger partial charge in [0.15, 0.2) is 5.76 Å². The molecule has 0 saturated carbocycles. The molecule has 8 heteroatoms. The van der Waals surface area contributed by atoms with Crippen LogP contribution in [0.15, 0.2) is 70.2 Å². The van der Waals surface area contributed by atoms with Gasteiger partial charge < -0.3 is 4.42 Å². The smallest absolute Gasteiger partial charge is 0.305 e. The van der Waals surface area contributed by atoms with Crippen molar-refractivity contribution in [3.8, 4) is 0 Å². The predicted molar refractivity (Wildman–Crippen MR) is 118 cm³/mol. The van der Waals surface area contributed by atoms with Gasteiger partial charge >= 0.3 is 5.91 Å². The topological polar surface area (TPSA) is 113 Å². The van der Waals surface area contributed by atoms with E-state index in [9.17, 15) is 14.4 Å². The lowest BCUT2D eigenvalue weighted by molar-refractivity contribution is 0.0829. The van der Waals surface area contributed by atoms with Crippen molar-refractivity contribution in [2.75, 3.05) is 0 Å². The minimum atomic E-state index is -0.561. The average Bonchev–Trinajstić information content (AvgIpc) is 3.19. The maximum Gasteiger partial charge on any atom is 0.305 e.